The van der Waals surface area contributed by atoms with E-state index >= 15 is 0 Å². The van der Waals surface area contributed by atoms with Gasteiger partial charge in [0.1, 0.15) is 30.0 Å². The summed E-state index contributed by atoms with van der Waals surface area (Å²) in [4.78, 5) is 43.2. The van der Waals surface area contributed by atoms with Crippen molar-refractivity contribution in [3.05, 3.63) is 90.3 Å². The van der Waals surface area contributed by atoms with E-state index in [1.165, 1.54) is 17.5 Å². The Morgan fingerprint density at radius 2 is 1.80 bits per heavy atom. The molecule has 5 rings (SSSR count). The van der Waals surface area contributed by atoms with Gasteiger partial charge in [0.25, 0.3) is 0 Å². The second-order valence-electron chi connectivity index (χ2n) is 10.1. The Morgan fingerprint density at radius 1 is 1.00 bits per heavy atom. The largest absolute Gasteiger partial charge is 0.497 e. The molecule has 4 aromatic rings. The number of aryl methyl sites for hydroxylation is 2. The SMILES string of the molecule is COc1ccc(NC(=O)N2CCN(c3cc(-n4ccnc4)ncn3)C(CC(=O)NCc3ccc(C)c(C)c3)C2)cc1. The summed E-state index contributed by atoms with van der Waals surface area (Å²) >= 11 is 0. The molecule has 1 saturated heterocycles. The fourth-order valence-electron chi connectivity index (χ4n) is 4.82. The van der Waals surface area contributed by atoms with Crippen LogP contribution >= 0.6 is 0 Å². The molecule has 1 unspecified atom stereocenters. The van der Waals surface area contributed by atoms with E-state index in [0.29, 0.717) is 49.3 Å². The standard InChI is InChI=1S/C30H34N8O3/c1-21-4-5-23(14-22(21)2)17-32-29(39)15-25-18-36(30(40)35-24-6-8-26(41-3)9-7-24)12-13-38(25)28-16-27(33-19-34-28)37-11-10-31-20-37/h4-11,14,16,19-20,25H,12-13,15,17-18H2,1-3H3,(H,32,39)(H,35,40). The minimum atomic E-state index is -0.296. The van der Waals surface area contributed by atoms with Crippen LogP contribution in [0.1, 0.15) is 23.1 Å². The summed E-state index contributed by atoms with van der Waals surface area (Å²) < 4.78 is 7.01. The zero-order valence-electron chi connectivity index (χ0n) is 23.4. The summed E-state index contributed by atoms with van der Waals surface area (Å²) in [6.45, 7) is 5.89. The molecule has 1 aliphatic rings. The first-order valence-electron chi connectivity index (χ1n) is 13.5. The Balaban J connectivity index is 1.31. The third kappa shape index (κ3) is 6.81. The molecule has 3 heterocycles. The first-order valence-corrected chi connectivity index (χ1v) is 13.5. The van der Waals surface area contributed by atoms with E-state index in [1.807, 2.05) is 18.3 Å². The fourth-order valence-corrected chi connectivity index (χ4v) is 4.82. The zero-order chi connectivity index (χ0) is 28.8. The van der Waals surface area contributed by atoms with Crippen LogP contribution < -0.4 is 20.3 Å². The molecule has 212 valence electrons. The first kappa shape index (κ1) is 27.6. The van der Waals surface area contributed by atoms with Gasteiger partial charge < -0.3 is 25.2 Å². The molecule has 11 nitrogen and oxygen atoms in total. The van der Waals surface area contributed by atoms with Crippen LogP contribution in [0.25, 0.3) is 5.82 Å². The van der Waals surface area contributed by atoms with Crippen LogP contribution in [0.4, 0.5) is 16.3 Å². The fraction of sp³-hybridized carbons (Fsp3) is 0.300. The molecule has 2 aromatic carbocycles. The molecule has 1 fully saturated rings. The lowest BCUT2D eigenvalue weighted by Gasteiger charge is -2.41. The number of piperazine rings is 1. The highest BCUT2D eigenvalue weighted by atomic mass is 16.5. The maximum absolute atomic E-state index is 13.2. The maximum atomic E-state index is 13.2. The van der Waals surface area contributed by atoms with Crippen molar-refractivity contribution in [2.24, 2.45) is 0 Å². The van der Waals surface area contributed by atoms with Gasteiger partial charge in [-0.3, -0.25) is 9.36 Å². The number of hydrogen-bond donors (Lipinski definition) is 2. The van der Waals surface area contributed by atoms with Gasteiger partial charge in [0.2, 0.25) is 5.91 Å². The zero-order valence-corrected chi connectivity index (χ0v) is 23.4. The second kappa shape index (κ2) is 12.5. The van der Waals surface area contributed by atoms with E-state index in [9.17, 15) is 9.59 Å². The third-order valence-electron chi connectivity index (χ3n) is 7.29. The van der Waals surface area contributed by atoms with E-state index in [1.54, 1.807) is 53.4 Å². The predicted octanol–water partition coefficient (Wildman–Crippen LogP) is 3.72. The number of amides is 3. The number of carbonyl (C=O) groups is 2. The van der Waals surface area contributed by atoms with Gasteiger partial charge in [-0.05, 0) is 54.8 Å². The monoisotopic (exact) mass is 554 g/mol. The molecule has 11 heteroatoms. The van der Waals surface area contributed by atoms with Gasteiger partial charge in [-0.1, -0.05) is 18.2 Å². The molecule has 1 atom stereocenters. The number of anilines is 2. The number of carbonyl (C=O) groups excluding carboxylic acids is 2. The summed E-state index contributed by atoms with van der Waals surface area (Å²) in [6, 6.07) is 14.7. The number of aromatic nitrogens is 4. The molecular formula is C30H34N8O3. The van der Waals surface area contributed by atoms with Gasteiger partial charge in [-0.25, -0.2) is 19.7 Å². The van der Waals surface area contributed by atoms with Crippen LogP contribution in [-0.2, 0) is 11.3 Å². The average Bonchev–Trinajstić information content (AvgIpc) is 3.54. The van der Waals surface area contributed by atoms with E-state index in [-0.39, 0.29) is 24.4 Å². The molecule has 0 radical (unpaired) electrons. The van der Waals surface area contributed by atoms with E-state index in [0.717, 1.165) is 5.56 Å². The number of urea groups is 1. The summed E-state index contributed by atoms with van der Waals surface area (Å²) in [5.41, 5.74) is 4.11. The Kier molecular flexibility index (Phi) is 8.42. The van der Waals surface area contributed by atoms with Crippen molar-refractivity contribution < 1.29 is 14.3 Å². The summed E-state index contributed by atoms with van der Waals surface area (Å²) in [7, 11) is 1.60. The van der Waals surface area contributed by atoms with Gasteiger partial charge in [0.15, 0.2) is 0 Å². The topological polar surface area (TPSA) is 118 Å². The molecule has 41 heavy (non-hydrogen) atoms. The van der Waals surface area contributed by atoms with Gasteiger partial charge in [-0.2, -0.15) is 0 Å². The predicted molar refractivity (Wildman–Crippen MR) is 156 cm³/mol. The van der Waals surface area contributed by atoms with Crippen molar-refractivity contribution in [3.8, 4) is 11.6 Å². The average molecular weight is 555 g/mol. The molecule has 2 aromatic heterocycles. The second-order valence-corrected chi connectivity index (χ2v) is 10.1. The third-order valence-corrected chi connectivity index (χ3v) is 7.29. The van der Waals surface area contributed by atoms with Crippen LogP contribution in [0.2, 0.25) is 0 Å². The normalized spacial score (nSPS) is 15.0. The van der Waals surface area contributed by atoms with Crippen molar-refractivity contribution in [3.63, 3.8) is 0 Å². The Morgan fingerprint density at radius 3 is 2.54 bits per heavy atom. The molecule has 0 saturated carbocycles. The quantitative estimate of drug-likeness (QED) is 0.341. The minimum absolute atomic E-state index is 0.0977. The highest BCUT2D eigenvalue weighted by Gasteiger charge is 2.32. The van der Waals surface area contributed by atoms with Crippen molar-refractivity contribution in [2.75, 3.05) is 37.0 Å². The van der Waals surface area contributed by atoms with E-state index in [4.69, 9.17) is 4.74 Å². The number of imidazole rings is 1. The van der Waals surface area contributed by atoms with E-state index in [2.05, 4.69) is 56.5 Å². The highest BCUT2D eigenvalue weighted by molar-refractivity contribution is 5.89. The van der Waals surface area contributed by atoms with Crippen molar-refractivity contribution in [1.29, 1.82) is 0 Å². The maximum Gasteiger partial charge on any atom is 0.321 e. The lowest BCUT2D eigenvalue weighted by atomic mass is 10.1. The smallest absolute Gasteiger partial charge is 0.321 e. The lowest BCUT2D eigenvalue weighted by Crippen LogP contribution is -2.57. The molecule has 2 N–H and O–H groups in total. The molecule has 3 amide bonds. The van der Waals surface area contributed by atoms with Gasteiger partial charge in [0, 0.05) is 56.7 Å². The molecule has 0 spiro atoms. The van der Waals surface area contributed by atoms with Gasteiger partial charge in [0.05, 0.1) is 13.2 Å². The molecule has 0 bridgehead atoms. The minimum Gasteiger partial charge on any atom is -0.497 e. The Hall–Kier alpha value is -4.93. The van der Waals surface area contributed by atoms with Crippen LogP contribution in [0.15, 0.2) is 73.6 Å². The van der Waals surface area contributed by atoms with Gasteiger partial charge >= 0.3 is 6.03 Å². The highest BCUT2D eigenvalue weighted by Crippen LogP contribution is 2.23. The number of methoxy groups -OCH3 is 1. The van der Waals surface area contributed by atoms with Crippen molar-refractivity contribution >= 4 is 23.4 Å². The Labute approximate surface area is 239 Å². The number of ether oxygens (including phenoxy) is 1. The number of hydrogen-bond acceptors (Lipinski definition) is 7. The summed E-state index contributed by atoms with van der Waals surface area (Å²) in [5, 5.41) is 6.00. The number of rotatable bonds is 8. The number of nitrogens with zero attached hydrogens (tertiary/aromatic N) is 6. The molecule has 0 aliphatic carbocycles. The first-order chi connectivity index (χ1) is 19.9. The van der Waals surface area contributed by atoms with Crippen LogP contribution in [-0.4, -0.2) is 69.1 Å². The molecule has 1 aliphatic heterocycles. The van der Waals surface area contributed by atoms with Crippen molar-refractivity contribution in [2.45, 2.75) is 32.9 Å². The van der Waals surface area contributed by atoms with Crippen LogP contribution in [0.5, 0.6) is 5.75 Å². The lowest BCUT2D eigenvalue weighted by molar-refractivity contribution is -0.121. The summed E-state index contributed by atoms with van der Waals surface area (Å²) in [6.07, 6.45) is 6.87. The van der Waals surface area contributed by atoms with Crippen molar-refractivity contribution in [1.82, 2.24) is 29.7 Å². The van der Waals surface area contributed by atoms with Crippen LogP contribution in [0, 0.1) is 13.8 Å². The number of nitrogens with one attached hydrogen (secondary N) is 2. The molecular weight excluding hydrogens is 520 g/mol. The number of benzene rings is 2. The van der Waals surface area contributed by atoms with Gasteiger partial charge in [-0.15, -0.1) is 0 Å². The van der Waals surface area contributed by atoms with Crippen LogP contribution in [0.3, 0.4) is 0 Å². The Bertz CT molecular complexity index is 1490. The summed E-state index contributed by atoms with van der Waals surface area (Å²) in [5.74, 6) is 1.97. The van der Waals surface area contributed by atoms with E-state index < -0.39 is 0 Å².